The van der Waals surface area contributed by atoms with Crippen LogP contribution in [0.15, 0.2) is 94.7 Å². The molecule has 0 spiro atoms. The Bertz CT molecular complexity index is 1230. The monoisotopic (exact) mass is 486 g/mol. The molecule has 6 nitrogen and oxygen atoms in total. The maximum Gasteiger partial charge on any atom is 0.264 e. The molecule has 0 aromatic heterocycles. The second-order valence-corrected chi connectivity index (χ2v) is 11.7. The minimum Gasteiger partial charge on any atom is -0.265 e. The van der Waals surface area contributed by atoms with E-state index in [1.807, 2.05) is 12.1 Å². The van der Waals surface area contributed by atoms with Gasteiger partial charge in [0.2, 0.25) is 10.0 Å². The average molecular weight is 487 g/mol. The molecule has 0 saturated heterocycles. The Morgan fingerprint density at radius 1 is 0.667 bits per heavy atom. The molecule has 0 N–H and O–H groups in total. The van der Waals surface area contributed by atoms with E-state index in [-0.39, 0.29) is 22.9 Å². The van der Waals surface area contributed by atoms with E-state index in [2.05, 4.69) is 6.92 Å². The van der Waals surface area contributed by atoms with Crippen LogP contribution in [0.3, 0.4) is 0 Å². The number of likely N-dealkylation sites (N-methyl/N-ethyl adjacent to an activating group) is 1. The van der Waals surface area contributed by atoms with Gasteiger partial charge in [-0.1, -0.05) is 61.9 Å². The first-order valence-electron chi connectivity index (χ1n) is 10.9. The first-order valence-corrected chi connectivity index (χ1v) is 13.8. The molecule has 0 heterocycles. The normalized spacial score (nSPS) is 12.1. The number of anilines is 1. The molecule has 176 valence electrons. The van der Waals surface area contributed by atoms with Gasteiger partial charge in [-0.15, -0.1) is 0 Å². The number of nitrogens with zero attached hydrogens (tertiary/aromatic N) is 2. The van der Waals surface area contributed by atoms with Crippen LogP contribution in [-0.2, 0) is 26.5 Å². The van der Waals surface area contributed by atoms with Crippen LogP contribution in [0.1, 0.15) is 25.3 Å². The summed E-state index contributed by atoms with van der Waals surface area (Å²) < 4.78 is 55.2. The van der Waals surface area contributed by atoms with Gasteiger partial charge in [0.15, 0.2) is 0 Å². The molecule has 0 aliphatic heterocycles. The summed E-state index contributed by atoms with van der Waals surface area (Å²) in [5.41, 5.74) is 1.64. The maximum absolute atomic E-state index is 13.5. The molecule has 0 fully saturated rings. The summed E-state index contributed by atoms with van der Waals surface area (Å²) in [6.45, 7) is 2.11. The molecular formula is C25H30N2O4S2. The van der Waals surface area contributed by atoms with Gasteiger partial charge in [-0.05, 0) is 54.8 Å². The fourth-order valence-corrected chi connectivity index (χ4v) is 6.10. The smallest absolute Gasteiger partial charge is 0.264 e. The molecule has 0 radical (unpaired) electrons. The molecule has 3 aromatic rings. The van der Waals surface area contributed by atoms with Crippen molar-refractivity contribution in [1.82, 2.24) is 4.31 Å². The van der Waals surface area contributed by atoms with Crippen molar-refractivity contribution in [3.05, 3.63) is 90.5 Å². The van der Waals surface area contributed by atoms with E-state index in [1.54, 1.807) is 60.7 Å². The van der Waals surface area contributed by atoms with E-state index in [0.717, 1.165) is 24.8 Å². The molecule has 3 aromatic carbocycles. The zero-order valence-electron chi connectivity index (χ0n) is 19.0. The van der Waals surface area contributed by atoms with Crippen molar-refractivity contribution in [2.75, 3.05) is 24.4 Å². The topological polar surface area (TPSA) is 74.8 Å². The van der Waals surface area contributed by atoms with Crippen LogP contribution < -0.4 is 4.31 Å². The van der Waals surface area contributed by atoms with E-state index < -0.39 is 20.0 Å². The Morgan fingerprint density at radius 2 is 1.18 bits per heavy atom. The van der Waals surface area contributed by atoms with E-state index >= 15 is 0 Å². The first-order chi connectivity index (χ1) is 15.8. The molecular weight excluding hydrogens is 456 g/mol. The third-order valence-electron chi connectivity index (χ3n) is 5.44. The Balaban J connectivity index is 1.89. The van der Waals surface area contributed by atoms with Gasteiger partial charge in [-0.3, -0.25) is 4.31 Å². The van der Waals surface area contributed by atoms with Crippen LogP contribution in [0.25, 0.3) is 0 Å². The van der Waals surface area contributed by atoms with Gasteiger partial charge in [-0.2, -0.15) is 4.31 Å². The SMILES string of the molecule is CCCCc1ccc(N(CCN(C)S(=O)(=O)c2ccccc2)S(=O)(=O)c2ccccc2)cc1. The lowest BCUT2D eigenvalue weighted by atomic mass is 10.1. The zero-order chi connectivity index (χ0) is 23.9. The molecule has 0 saturated carbocycles. The second kappa shape index (κ2) is 11.0. The van der Waals surface area contributed by atoms with Crippen LogP contribution in [-0.4, -0.2) is 41.3 Å². The molecule has 0 amide bonds. The highest BCUT2D eigenvalue weighted by Gasteiger charge is 2.27. The van der Waals surface area contributed by atoms with Crippen molar-refractivity contribution in [3.8, 4) is 0 Å². The summed E-state index contributed by atoms with van der Waals surface area (Å²) in [6, 6.07) is 23.8. The van der Waals surface area contributed by atoms with Crippen molar-refractivity contribution in [2.24, 2.45) is 0 Å². The number of sulfonamides is 2. The minimum atomic E-state index is -3.88. The van der Waals surface area contributed by atoms with Gasteiger partial charge < -0.3 is 0 Å². The number of unbranched alkanes of at least 4 members (excludes halogenated alkanes) is 1. The molecule has 0 aliphatic rings. The van der Waals surface area contributed by atoms with E-state index in [1.165, 1.54) is 27.8 Å². The summed E-state index contributed by atoms with van der Waals surface area (Å²) in [4.78, 5) is 0.332. The third kappa shape index (κ3) is 6.01. The largest absolute Gasteiger partial charge is 0.265 e. The van der Waals surface area contributed by atoms with Gasteiger partial charge in [0.1, 0.15) is 0 Å². The fraction of sp³-hybridized carbons (Fsp3) is 0.280. The molecule has 8 heteroatoms. The molecule has 33 heavy (non-hydrogen) atoms. The minimum absolute atomic E-state index is 0.000870. The maximum atomic E-state index is 13.5. The Morgan fingerprint density at radius 3 is 1.70 bits per heavy atom. The number of hydrogen-bond acceptors (Lipinski definition) is 4. The summed E-state index contributed by atoms with van der Waals surface area (Å²) in [5, 5.41) is 0. The lowest BCUT2D eigenvalue weighted by Crippen LogP contribution is -2.39. The standard InChI is InChI=1S/C25H30N2O4S2/c1-3-4-11-22-16-18-23(19-17-22)27(33(30,31)25-14-9-6-10-15-25)21-20-26(2)32(28,29)24-12-7-5-8-13-24/h5-10,12-19H,3-4,11,20-21H2,1-2H3. The first kappa shape index (κ1) is 25.0. The number of hydrogen-bond donors (Lipinski definition) is 0. The average Bonchev–Trinajstić information content (AvgIpc) is 2.84. The lowest BCUT2D eigenvalue weighted by Gasteiger charge is -2.27. The predicted octanol–water partition coefficient (Wildman–Crippen LogP) is 4.55. The van der Waals surface area contributed by atoms with Crippen LogP contribution in [0.2, 0.25) is 0 Å². The van der Waals surface area contributed by atoms with Crippen molar-refractivity contribution in [2.45, 2.75) is 36.0 Å². The zero-order valence-corrected chi connectivity index (χ0v) is 20.6. The number of benzene rings is 3. The molecule has 0 bridgehead atoms. The second-order valence-electron chi connectivity index (χ2n) is 7.80. The van der Waals surface area contributed by atoms with Gasteiger partial charge in [-0.25, -0.2) is 16.8 Å². The van der Waals surface area contributed by atoms with Crippen molar-refractivity contribution >= 4 is 25.7 Å². The van der Waals surface area contributed by atoms with Crippen LogP contribution in [0.4, 0.5) is 5.69 Å². The van der Waals surface area contributed by atoms with E-state index in [4.69, 9.17) is 0 Å². The molecule has 0 atom stereocenters. The van der Waals surface area contributed by atoms with Gasteiger partial charge in [0.25, 0.3) is 10.0 Å². The molecule has 3 rings (SSSR count). The van der Waals surface area contributed by atoms with Gasteiger partial charge in [0.05, 0.1) is 15.5 Å². The van der Waals surface area contributed by atoms with E-state index in [0.29, 0.717) is 5.69 Å². The molecule has 0 unspecified atom stereocenters. The lowest BCUT2D eigenvalue weighted by molar-refractivity contribution is 0.475. The van der Waals surface area contributed by atoms with Gasteiger partial charge in [0, 0.05) is 20.1 Å². The van der Waals surface area contributed by atoms with Crippen molar-refractivity contribution < 1.29 is 16.8 Å². The fourth-order valence-electron chi connectivity index (χ4n) is 3.44. The summed E-state index contributed by atoms with van der Waals surface area (Å²) in [6.07, 6.45) is 3.08. The molecule has 0 aliphatic carbocycles. The Kier molecular flexibility index (Phi) is 8.29. The van der Waals surface area contributed by atoms with Crippen molar-refractivity contribution in [1.29, 1.82) is 0 Å². The summed E-state index contributed by atoms with van der Waals surface area (Å²) in [5.74, 6) is 0. The Hall–Kier alpha value is -2.68. The highest BCUT2D eigenvalue weighted by molar-refractivity contribution is 7.92. The highest BCUT2D eigenvalue weighted by atomic mass is 32.2. The summed E-state index contributed by atoms with van der Waals surface area (Å²) in [7, 11) is -6.15. The van der Waals surface area contributed by atoms with Crippen LogP contribution in [0, 0.1) is 0 Å². The van der Waals surface area contributed by atoms with E-state index in [9.17, 15) is 16.8 Å². The van der Waals surface area contributed by atoms with Gasteiger partial charge >= 0.3 is 0 Å². The number of aryl methyl sites for hydroxylation is 1. The highest BCUT2D eigenvalue weighted by Crippen LogP contribution is 2.25. The quantitative estimate of drug-likeness (QED) is 0.399. The Labute approximate surface area is 197 Å². The summed E-state index contributed by atoms with van der Waals surface area (Å²) >= 11 is 0. The third-order valence-corrected chi connectivity index (χ3v) is 9.16. The predicted molar refractivity (Wildman–Crippen MR) is 132 cm³/mol. The van der Waals surface area contributed by atoms with Crippen LogP contribution in [0.5, 0.6) is 0 Å². The van der Waals surface area contributed by atoms with Crippen LogP contribution >= 0.6 is 0 Å². The number of rotatable bonds is 11. The van der Waals surface area contributed by atoms with Crippen molar-refractivity contribution in [3.63, 3.8) is 0 Å².